The van der Waals surface area contributed by atoms with Crippen LogP contribution in [0.3, 0.4) is 0 Å². The van der Waals surface area contributed by atoms with Crippen LogP contribution in [0, 0.1) is 13.8 Å². The van der Waals surface area contributed by atoms with Crippen molar-refractivity contribution in [2.45, 2.75) is 57.5 Å². The Morgan fingerprint density at radius 2 is 2.06 bits per heavy atom. The Labute approximate surface area is 109 Å². The van der Waals surface area contributed by atoms with Crippen LogP contribution in [0.25, 0.3) is 0 Å². The summed E-state index contributed by atoms with van der Waals surface area (Å²) in [6.07, 6.45) is 2.57. The highest BCUT2D eigenvalue weighted by Crippen LogP contribution is 2.37. The lowest BCUT2D eigenvalue weighted by Crippen LogP contribution is -2.28. The van der Waals surface area contributed by atoms with Crippen LogP contribution in [-0.4, -0.2) is 11.8 Å². The maximum Gasteiger partial charge on any atom is 0.0334 e. The molecule has 0 fully saturated rings. The second-order valence-corrected chi connectivity index (χ2v) is 6.47. The Balaban J connectivity index is 2.40. The van der Waals surface area contributed by atoms with Gasteiger partial charge in [0, 0.05) is 17.0 Å². The predicted molar refractivity (Wildman–Crippen MR) is 76.9 cm³/mol. The first-order valence-corrected chi connectivity index (χ1v) is 7.56. The molecule has 1 heterocycles. The molecule has 1 aliphatic heterocycles. The van der Waals surface area contributed by atoms with Gasteiger partial charge in [0.1, 0.15) is 0 Å². The van der Waals surface area contributed by atoms with Crippen molar-refractivity contribution in [3.8, 4) is 0 Å². The number of rotatable bonds is 2. The van der Waals surface area contributed by atoms with Crippen LogP contribution in [0.5, 0.6) is 0 Å². The maximum absolute atomic E-state index is 3.72. The molecule has 1 aromatic carbocycles. The van der Waals surface area contributed by atoms with Crippen molar-refractivity contribution in [2.75, 3.05) is 5.75 Å². The van der Waals surface area contributed by atoms with Crippen LogP contribution >= 0.6 is 11.8 Å². The first-order chi connectivity index (χ1) is 8.08. The van der Waals surface area contributed by atoms with Gasteiger partial charge in [-0.1, -0.05) is 31.5 Å². The minimum absolute atomic E-state index is 0.540. The molecule has 94 valence electrons. The van der Waals surface area contributed by atoms with E-state index in [4.69, 9.17) is 0 Å². The van der Waals surface area contributed by atoms with E-state index in [1.54, 1.807) is 0 Å². The topological polar surface area (TPSA) is 12.0 Å². The molecule has 1 aliphatic rings. The van der Waals surface area contributed by atoms with Crippen LogP contribution < -0.4 is 5.32 Å². The van der Waals surface area contributed by atoms with Crippen molar-refractivity contribution in [3.05, 3.63) is 28.8 Å². The Kier molecular flexibility index (Phi) is 4.16. The third-order valence-electron chi connectivity index (χ3n) is 3.24. The van der Waals surface area contributed by atoms with Gasteiger partial charge < -0.3 is 5.32 Å². The lowest BCUT2D eigenvalue weighted by Gasteiger charge is -2.23. The highest BCUT2D eigenvalue weighted by atomic mass is 32.2. The molecule has 0 aliphatic carbocycles. The fraction of sp³-hybridized carbons (Fsp3) is 0.600. The molecule has 2 rings (SSSR count). The number of nitrogens with one attached hydrogen (secondary N) is 1. The van der Waals surface area contributed by atoms with Crippen LogP contribution in [0.4, 0.5) is 0 Å². The van der Waals surface area contributed by atoms with Crippen LogP contribution in [0.1, 0.15) is 49.4 Å². The molecular formula is C15H23NS. The predicted octanol–water partition coefficient (Wildman–Crippen LogP) is 4.23. The Morgan fingerprint density at radius 1 is 1.29 bits per heavy atom. The quantitative estimate of drug-likeness (QED) is 0.842. The van der Waals surface area contributed by atoms with Crippen LogP contribution in [0.15, 0.2) is 17.0 Å². The number of thioether (sulfide) groups is 1. The fourth-order valence-electron chi connectivity index (χ4n) is 2.64. The Bertz CT molecular complexity index is 398. The molecule has 0 aromatic heterocycles. The first-order valence-electron chi connectivity index (χ1n) is 6.58. The summed E-state index contributed by atoms with van der Waals surface area (Å²) in [7, 11) is 0. The van der Waals surface area contributed by atoms with Crippen LogP contribution in [-0.2, 0) is 0 Å². The minimum atomic E-state index is 0.540. The molecule has 1 nitrogen and oxygen atoms in total. The number of fused-ring (bicyclic) bond motifs is 1. The van der Waals surface area contributed by atoms with E-state index in [9.17, 15) is 0 Å². The van der Waals surface area contributed by atoms with Crippen molar-refractivity contribution in [1.29, 1.82) is 0 Å². The second-order valence-electron chi connectivity index (χ2n) is 5.36. The fourth-order valence-corrected chi connectivity index (χ4v) is 3.81. The largest absolute Gasteiger partial charge is 0.308 e. The zero-order chi connectivity index (χ0) is 12.4. The molecule has 1 unspecified atom stereocenters. The highest BCUT2D eigenvalue weighted by Gasteiger charge is 2.21. The molecule has 1 aromatic rings. The van der Waals surface area contributed by atoms with E-state index < -0.39 is 0 Å². The number of benzene rings is 1. The first kappa shape index (κ1) is 13.0. The van der Waals surface area contributed by atoms with E-state index in [1.165, 1.54) is 40.2 Å². The monoisotopic (exact) mass is 249 g/mol. The van der Waals surface area contributed by atoms with E-state index in [0.29, 0.717) is 12.1 Å². The van der Waals surface area contributed by atoms with E-state index >= 15 is 0 Å². The van der Waals surface area contributed by atoms with Gasteiger partial charge in [-0.2, -0.15) is 0 Å². The van der Waals surface area contributed by atoms with Gasteiger partial charge in [-0.15, -0.1) is 11.8 Å². The molecule has 0 radical (unpaired) electrons. The molecule has 17 heavy (non-hydrogen) atoms. The summed E-state index contributed by atoms with van der Waals surface area (Å²) in [5.41, 5.74) is 4.36. The molecular weight excluding hydrogens is 226 g/mol. The summed E-state index contributed by atoms with van der Waals surface area (Å²) in [4.78, 5) is 1.52. The average molecular weight is 249 g/mol. The van der Waals surface area contributed by atoms with E-state index in [-0.39, 0.29) is 0 Å². The second kappa shape index (κ2) is 5.45. The molecule has 1 N–H and O–H groups in total. The van der Waals surface area contributed by atoms with Crippen LogP contribution in [0.2, 0.25) is 0 Å². The van der Waals surface area contributed by atoms with E-state index in [1.807, 2.05) is 11.8 Å². The lowest BCUT2D eigenvalue weighted by atomic mass is 9.97. The van der Waals surface area contributed by atoms with Crippen molar-refractivity contribution < 1.29 is 0 Å². The Hall–Kier alpha value is -0.470. The van der Waals surface area contributed by atoms with Gasteiger partial charge in [0.05, 0.1) is 0 Å². The third-order valence-corrected chi connectivity index (χ3v) is 4.58. The van der Waals surface area contributed by atoms with Gasteiger partial charge in [0.25, 0.3) is 0 Å². The van der Waals surface area contributed by atoms with Crippen molar-refractivity contribution in [1.82, 2.24) is 5.32 Å². The number of hydrogen-bond donors (Lipinski definition) is 1. The van der Waals surface area contributed by atoms with E-state index in [2.05, 4.69) is 45.1 Å². The molecule has 0 amide bonds. The van der Waals surface area contributed by atoms with Crippen molar-refractivity contribution in [3.63, 3.8) is 0 Å². The van der Waals surface area contributed by atoms with Gasteiger partial charge in [-0.05, 0) is 43.6 Å². The van der Waals surface area contributed by atoms with Gasteiger partial charge in [-0.3, -0.25) is 0 Å². The molecule has 0 bridgehead atoms. The van der Waals surface area contributed by atoms with E-state index in [0.717, 1.165) is 0 Å². The summed E-state index contributed by atoms with van der Waals surface area (Å²) in [5.74, 6) is 1.26. The smallest absolute Gasteiger partial charge is 0.0334 e. The summed E-state index contributed by atoms with van der Waals surface area (Å²) in [5, 5.41) is 3.72. The maximum atomic E-state index is 3.72. The zero-order valence-corrected chi connectivity index (χ0v) is 12.2. The minimum Gasteiger partial charge on any atom is -0.308 e. The summed E-state index contributed by atoms with van der Waals surface area (Å²) in [6.45, 7) is 8.92. The lowest BCUT2D eigenvalue weighted by molar-refractivity contribution is 0.447. The summed E-state index contributed by atoms with van der Waals surface area (Å²) < 4.78 is 0. The average Bonchev–Trinajstić information content (AvgIpc) is 2.41. The third kappa shape index (κ3) is 3.05. The molecule has 0 spiro atoms. The molecule has 1 atom stereocenters. The molecule has 2 heteroatoms. The highest BCUT2D eigenvalue weighted by molar-refractivity contribution is 7.99. The van der Waals surface area contributed by atoms with Crippen molar-refractivity contribution in [2.24, 2.45) is 0 Å². The Morgan fingerprint density at radius 3 is 2.76 bits per heavy atom. The van der Waals surface area contributed by atoms with Gasteiger partial charge in [-0.25, -0.2) is 0 Å². The SMILES string of the molecule is Cc1cc(C)c2c(c1)C(NC(C)C)CCCS2. The molecule has 0 saturated heterocycles. The van der Waals surface area contributed by atoms with Crippen molar-refractivity contribution >= 4 is 11.8 Å². The van der Waals surface area contributed by atoms with Gasteiger partial charge in [0.2, 0.25) is 0 Å². The normalized spacial score (nSPS) is 20.2. The number of aryl methyl sites for hydroxylation is 2. The van der Waals surface area contributed by atoms with Gasteiger partial charge in [0.15, 0.2) is 0 Å². The van der Waals surface area contributed by atoms with Gasteiger partial charge >= 0.3 is 0 Å². The zero-order valence-electron chi connectivity index (χ0n) is 11.3. The standard InChI is InChI=1S/C15H23NS/c1-10(2)16-14-6-5-7-17-15-12(4)8-11(3)9-13(14)15/h8-10,14,16H,5-7H2,1-4H3. The number of hydrogen-bond acceptors (Lipinski definition) is 2. The summed E-state index contributed by atoms with van der Waals surface area (Å²) >= 11 is 2.04. The summed E-state index contributed by atoms with van der Waals surface area (Å²) in [6, 6.07) is 5.78. The molecule has 0 saturated carbocycles.